The number of aliphatic hydroxyl groups is 1. The van der Waals surface area contributed by atoms with E-state index < -0.39 is 0 Å². The Morgan fingerprint density at radius 1 is 1.29 bits per heavy atom. The lowest BCUT2D eigenvalue weighted by molar-refractivity contribution is -0.119. The van der Waals surface area contributed by atoms with Gasteiger partial charge in [-0.1, -0.05) is 32.0 Å². The maximum Gasteiger partial charge on any atom is 0.318 e. The van der Waals surface area contributed by atoms with Crippen molar-refractivity contribution < 1.29 is 14.7 Å². The number of nitrogens with zero attached hydrogens (tertiary/aromatic N) is 2. The molecule has 3 amide bonds. The largest absolute Gasteiger partial charge is 0.394 e. The van der Waals surface area contributed by atoms with Gasteiger partial charge in [0.05, 0.1) is 18.7 Å². The molecule has 0 aromatic heterocycles. The number of likely N-dealkylation sites (tertiary alicyclic amines) is 1. The van der Waals surface area contributed by atoms with E-state index in [1.165, 1.54) is 0 Å². The van der Waals surface area contributed by atoms with Crippen LogP contribution in [0.4, 0.5) is 10.5 Å². The topological polar surface area (TPSA) is 72.9 Å². The van der Waals surface area contributed by atoms with E-state index in [1.807, 2.05) is 38.1 Å². The van der Waals surface area contributed by atoms with E-state index in [-0.39, 0.29) is 36.5 Å². The lowest BCUT2D eigenvalue weighted by atomic mass is 9.72. The number of benzene rings is 1. The van der Waals surface area contributed by atoms with E-state index in [0.717, 1.165) is 17.7 Å². The fourth-order valence-corrected chi connectivity index (χ4v) is 3.92. The number of nitrogens with one attached hydrogen (secondary N) is 1. The molecule has 24 heavy (non-hydrogen) atoms. The van der Waals surface area contributed by atoms with Crippen molar-refractivity contribution in [3.8, 4) is 0 Å². The molecule has 0 aliphatic carbocycles. The van der Waals surface area contributed by atoms with Crippen molar-refractivity contribution in [1.82, 2.24) is 10.2 Å². The molecule has 6 heteroatoms. The fraction of sp³-hybridized carbons (Fsp3) is 0.556. The van der Waals surface area contributed by atoms with E-state index >= 15 is 0 Å². The van der Waals surface area contributed by atoms with Gasteiger partial charge in [0, 0.05) is 31.1 Å². The van der Waals surface area contributed by atoms with Crippen molar-refractivity contribution >= 4 is 17.6 Å². The number of aliphatic hydroxyl groups excluding tert-OH is 1. The Morgan fingerprint density at radius 2 is 2.04 bits per heavy atom. The number of amides is 3. The van der Waals surface area contributed by atoms with Gasteiger partial charge >= 0.3 is 6.03 Å². The number of anilines is 1. The summed E-state index contributed by atoms with van der Waals surface area (Å²) in [5.41, 5.74) is 1.96. The highest BCUT2D eigenvalue weighted by Crippen LogP contribution is 2.48. The monoisotopic (exact) mass is 331 g/mol. The quantitative estimate of drug-likeness (QED) is 0.882. The zero-order valence-electron chi connectivity index (χ0n) is 14.2. The van der Waals surface area contributed by atoms with Crippen LogP contribution in [0.1, 0.15) is 38.2 Å². The third-order valence-electron chi connectivity index (χ3n) is 5.05. The Bertz CT molecular complexity index is 634. The van der Waals surface area contributed by atoms with Gasteiger partial charge in [0.1, 0.15) is 0 Å². The van der Waals surface area contributed by atoms with Gasteiger partial charge in [0.2, 0.25) is 5.91 Å². The summed E-state index contributed by atoms with van der Waals surface area (Å²) in [6, 6.07) is 7.37. The van der Waals surface area contributed by atoms with Crippen LogP contribution in [0.2, 0.25) is 0 Å². The van der Waals surface area contributed by atoms with Gasteiger partial charge in [-0.05, 0) is 18.1 Å². The average molecular weight is 331 g/mol. The number of carbonyl (C=O) groups is 2. The zero-order chi connectivity index (χ0) is 17.3. The first-order chi connectivity index (χ1) is 11.6. The summed E-state index contributed by atoms with van der Waals surface area (Å²) < 4.78 is 0. The van der Waals surface area contributed by atoms with Gasteiger partial charge in [-0.25, -0.2) is 4.79 Å². The summed E-state index contributed by atoms with van der Waals surface area (Å²) in [6.45, 7) is 4.88. The number of para-hydroxylation sites is 1. The van der Waals surface area contributed by atoms with Crippen LogP contribution in [-0.4, -0.2) is 53.7 Å². The normalized spacial score (nSPS) is 24.7. The first-order valence-corrected chi connectivity index (χ1v) is 8.70. The molecule has 1 aromatic rings. The Morgan fingerprint density at radius 3 is 2.71 bits per heavy atom. The van der Waals surface area contributed by atoms with Gasteiger partial charge in [-0.2, -0.15) is 0 Å². The van der Waals surface area contributed by atoms with Crippen molar-refractivity contribution in [2.75, 3.05) is 24.6 Å². The van der Waals surface area contributed by atoms with Crippen molar-refractivity contribution in [2.24, 2.45) is 0 Å². The highest BCUT2D eigenvalue weighted by atomic mass is 16.3. The van der Waals surface area contributed by atoms with Crippen molar-refractivity contribution in [1.29, 1.82) is 0 Å². The number of fused-ring (bicyclic) bond motifs is 3. The van der Waals surface area contributed by atoms with E-state index in [1.54, 1.807) is 9.80 Å². The van der Waals surface area contributed by atoms with Gasteiger partial charge in [0.25, 0.3) is 0 Å². The first-order valence-electron chi connectivity index (χ1n) is 8.70. The van der Waals surface area contributed by atoms with E-state index in [0.29, 0.717) is 19.5 Å². The number of urea groups is 1. The van der Waals surface area contributed by atoms with Gasteiger partial charge < -0.3 is 20.2 Å². The second kappa shape index (κ2) is 6.81. The van der Waals surface area contributed by atoms with Crippen LogP contribution in [0.3, 0.4) is 0 Å². The lowest BCUT2D eigenvalue weighted by Gasteiger charge is -2.58. The Labute approximate surface area is 142 Å². The molecule has 1 fully saturated rings. The van der Waals surface area contributed by atoms with Gasteiger partial charge in [-0.3, -0.25) is 4.79 Å². The maximum atomic E-state index is 12.5. The highest BCUT2D eigenvalue weighted by Gasteiger charge is 2.55. The average Bonchev–Trinajstić information content (AvgIpc) is 2.59. The zero-order valence-corrected chi connectivity index (χ0v) is 14.2. The summed E-state index contributed by atoms with van der Waals surface area (Å²) in [5.74, 6) is 0.141. The molecule has 2 aliphatic rings. The molecular formula is C18H25N3O3. The fourth-order valence-electron chi connectivity index (χ4n) is 3.92. The molecule has 2 heterocycles. The summed E-state index contributed by atoms with van der Waals surface area (Å²) in [5, 5.41) is 12.7. The molecular weight excluding hydrogens is 306 g/mol. The van der Waals surface area contributed by atoms with Crippen LogP contribution in [0.5, 0.6) is 0 Å². The molecule has 0 spiro atoms. The minimum absolute atomic E-state index is 0.0577. The number of rotatable bonds is 4. The molecule has 0 bridgehead atoms. The van der Waals surface area contributed by atoms with E-state index in [2.05, 4.69) is 5.32 Å². The second-order valence-electron chi connectivity index (χ2n) is 6.40. The Hall–Kier alpha value is -2.08. The van der Waals surface area contributed by atoms with Crippen molar-refractivity contribution in [3.05, 3.63) is 29.8 Å². The van der Waals surface area contributed by atoms with Crippen LogP contribution >= 0.6 is 0 Å². The Kier molecular flexibility index (Phi) is 4.76. The summed E-state index contributed by atoms with van der Waals surface area (Å²) in [6.07, 6.45) is 1.29. The van der Waals surface area contributed by atoms with Crippen molar-refractivity contribution in [2.45, 2.75) is 44.7 Å². The summed E-state index contributed by atoms with van der Waals surface area (Å²) in [4.78, 5) is 28.3. The molecule has 2 N–H and O–H groups in total. The van der Waals surface area contributed by atoms with Gasteiger partial charge in [0.15, 0.2) is 0 Å². The molecule has 0 saturated carbocycles. The summed E-state index contributed by atoms with van der Waals surface area (Å²) >= 11 is 0. The lowest BCUT2D eigenvalue weighted by Crippen LogP contribution is -2.72. The molecule has 130 valence electrons. The van der Waals surface area contributed by atoms with E-state index in [9.17, 15) is 14.7 Å². The third-order valence-corrected chi connectivity index (χ3v) is 5.05. The van der Waals surface area contributed by atoms with Crippen LogP contribution in [0.25, 0.3) is 0 Å². The van der Waals surface area contributed by atoms with Crippen LogP contribution < -0.4 is 10.2 Å². The maximum absolute atomic E-state index is 12.5. The molecule has 6 nitrogen and oxygen atoms in total. The van der Waals surface area contributed by atoms with Crippen LogP contribution in [0.15, 0.2) is 24.3 Å². The molecule has 0 radical (unpaired) electrons. The van der Waals surface area contributed by atoms with E-state index in [4.69, 9.17) is 0 Å². The predicted octanol–water partition coefficient (Wildman–Crippen LogP) is 1.69. The molecule has 0 unspecified atom stereocenters. The number of carbonyl (C=O) groups excluding carboxylic acids is 2. The smallest absolute Gasteiger partial charge is 0.318 e. The van der Waals surface area contributed by atoms with Gasteiger partial charge in [-0.15, -0.1) is 0 Å². The Balaban J connectivity index is 1.92. The third kappa shape index (κ3) is 2.55. The minimum Gasteiger partial charge on any atom is -0.394 e. The first kappa shape index (κ1) is 16.8. The molecule has 1 aromatic carbocycles. The molecule has 3 atom stereocenters. The number of hydrogen-bond donors (Lipinski definition) is 2. The van der Waals surface area contributed by atoms with Crippen LogP contribution in [-0.2, 0) is 4.79 Å². The highest BCUT2D eigenvalue weighted by molar-refractivity contribution is 5.95. The number of hydrogen-bond acceptors (Lipinski definition) is 3. The summed E-state index contributed by atoms with van der Waals surface area (Å²) in [7, 11) is 0. The molecule has 1 saturated heterocycles. The van der Waals surface area contributed by atoms with Crippen LogP contribution in [0, 0.1) is 0 Å². The molecule has 3 rings (SSSR count). The van der Waals surface area contributed by atoms with Crippen molar-refractivity contribution in [3.63, 3.8) is 0 Å². The second-order valence-corrected chi connectivity index (χ2v) is 6.40. The SMILES string of the molecule is CCCNC(=O)N1[C@H](CO)[C@@H]2c3ccccc3N(C(=O)CC)C[C@@H]21. The minimum atomic E-state index is -0.230. The molecule has 2 aliphatic heterocycles. The predicted molar refractivity (Wildman–Crippen MR) is 92.0 cm³/mol. The standard InChI is InChI=1S/C18H25N3O3/c1-3-9-19-18(24)21-14-10-20(16(23)4-2)13-8-6-5-7-12(13)17(14)15(21)11-22/h5-8,14-15,17,22H,3-4,9-11H2,1-2H3,(H,19,24)/t14-,15+,17+/m0/s1.